The summed E-state index contributed by atoms with van der Waals surface area (Å²) in [5.41, 5.74) is 24.1. The quantitative estimate of drug-likeness (QED) is 0.174. The molecule has 2 N–H and O–H groups in total. The highest BCUT2D eigenvalue weighted by Gasteiger charge is 2.37. The molecule has 0 atom stereocenters. The van der Waals surface area contributed by atoms with Gasteiger partial charge in [0.2, 0.25) is 0 Å². The number of nitrogens with one attached hydrogen (secondary N) is 2. The van der Waals surface area contributed by atoms with E-state index in [-0.39, 0.29) is 10.8 Å². The number of pyridine rings is 2. The van der Waals surface area contributed by atoms with Gasteiger partial charge in [0.15, 0.2) is 11.6 Å². The van der Waals surface area contributed by atoms with Crippen LogP contribution in [0.15, 0.2) is 217 Å². The zero-order chi connectivity index (χ0) is 49.5. The molecule has 4 aliphatic rings. The van der Waals surface area contributed by atoms with Gasteiger partial charge in [-0.2, -0.15) is 0 Å². The van der Waals surface area contributed by atoms with Crippen molar-refractivity contribution in [3.8, 4) is 66.8 Å². The van der Waals surface area contributed by atoms with Crippen LogP contribution in [0.3, 0.4) is 0 Å². The molecule has 350 valence electrons. The average molecular weight is 949 g/mol. The lowest BCUT2D eigenvalue weighted by Gasteiger charge is -2.22. The molecule has 74 heavy (non-hydrogen) atoms. The third-order valence-electron chi connectivity index (χ3n) is 16.4. The SMILES string of the molecule is CC1(C)c2ccccc2-c2ccc(-c3ccc(N=C4Nc5ccc(-c6ccc(-c7ccc8c9c(cccc79)C(=Nc7ccc(-c9ccc%10c(c9)C(C)(C)c9ccccc9-%10)cn7)N8)cc6)c6cccc4c56)nc3)cc21. The minimum absolute atomic E-state index is 0.0557. The minimum Gasteiger partial charge on any atom is -0.339 e. The molecular formula is C68H48N6. The zero-order valence-electron chi connectivity index (χ0n) is 41.4. The van der Waals surface area contributed by atoms with Gasteiger partial charge in [-0.25, -0.2) is 20.0 Å². The molecule has 2 aliphatic heterocycles. The van der Waals surface area contributed by atoms with E-state index in [1.165, 1.54) is 77.2 Å². The number of hydrogen-bond donors (Lipinski definition) is 2. The van der Waals surface area contributed by atoms with Crippen LogP contribution in [0.25, 0.3) is 88.3 Å². The Morgan fingerprint density at radius 3 is 1.14 bits per heavy atom. The summed E-state index contributed by atoms with van der Waals surface area (Å²) in [6.45, 7) is 9.27. The van der Waals surface area contributed by atoms with E-state index in [1.807, 2.05) is 24.5 Å². The Kier molecular flexibility index (Phi) is 8.95. The molecule has 0 amide bonds. The fraction of sp³-hybridized carbons (Fsp3) is 0.0882. The second kappa shape index (κ2) is 15.6. The summed E-state index contributed by atoms with van der Waals surface area (Å²) in [6.07, 6.45) is 3.89. The minimum atomic E-state index is -0.0557. The molecule has 6 nitrogen and oxygen atoms in total. The van der Waals surface area contributed by atoms with E-state index in [9.17, 15) is 0 Å². The molecule has 0 saturated heterocycles. The van der Waals surface area contributed by atoms with Crippen LogP contribution in [0.4, 0.5) is 23.0 Å². The third-order valence-corrected chi connectivity index (χ3v) is 16.4. The maximum Gasteiger partial charge on any atom is 0.154 e. The number of aliphatic imine (C=N–C) groups is 2. The Labute approximate surface area is 429 Å². The van der Waals surface area contributed by atoms with Crippen molar-refractivity contribution in [3.63, 3.8) is 0 Å². The fourth-order valence-corrected chi connectivity index (χ4v) is 12.6. The van der Waals surface area contributed by atoms with Crippen molar-refractivity contribution in [2.24, 2.45) is 9.98 Å². The highest BCUT2D eigenvalue weighted by molar-refractivity contribution is 6.29. The van der Waals surface area contributed by atoms with Crippen molar-refractivity contribution in [2.75, 3.05) is 10.6 Å². The Morgan fingerprint density at radius 1 is 0.324 bits per heavy atom. The summed E-state index contributed by atoms with van der Waals surface area (Å²) in [5, 5.41) is 11.9. The number of nitrogens with zero attached hydrogens (tertiary/aromatic N) is 4. The van der Waals surface area contributed by atoms with Crippen LogP contribution in [0.5, 0.6) is 0 Å². The molecule has 15 rings (SSSR count). The number of amidine groups is 2. The van der Waals surface area contributed by atoms with Crippen molar-refractivity contribution < 1.29 is 0 Å². The predicted molar refractivity (Wildman–Crippen MR) is 306 cm³/mol. The van der Waals surface area contributed by atoms with Crippen molar-refractivity contribution in [1.82, 2.24) is 9.97 Å². The van der Waals surface area contributed by atoms with Gasteiger partial charge in [-0.3, -0.25) is 0 Å². The largest absolute Gasteiger partial charge is 0.339 e. The first-order valence-corrected chi connectivity index (χ1v) is 25.5. The van der Waals surface area contributed by atoms with Crippen LogP contribution in [0, 0.1) is 0 Å². The molecule has 6 heteroatoms. The maximum absolute atomic E-state index is 5.07. The number of rotatable bonds is 6. The van der Waals surface area contributed by atoms with Gasteiger partial charge in [-0.15, -0.1) is 0 Å². The second-order valence-corrected chi connectivity index (χ2v) is 21.2. The summed E-state index contributed by atoms with van der Waals surface area (Å²) in [7, 11) is 0. The lowest BCUT2D eigenvalue weighted by molar-refractivity contribution is 0.660. The molecule has 0 unspecified atom stereocenters. The highest BCUT2D eigenvalue weighted by atomic mass is 15.1. The summed E-state index contributed by atoms with van der Waals surface area (Å²) in [4.78, 5) is 19.8. The average Bonchev–Trinajstić information content (AvgIpc) is 4.13. The Morgan fingerprint density at radius 2 is 0.703 bits per heavy atom. The molecule has 4 heterocycles. The topological polar surface area (TPSA) is 74.6 Å². The van der Waals surface area contributed by atoms with Gasteiger partial charge in [0.05, 0.1) is 0 Å². The van der Waals surface area contributed by atoms with Crippen LogP contribution in [-0.2, 0) is 10.8 Å². The fourth-order valence-electron chi connectivity index (χ4n) is 12.6. The molecule has 2 aliphatic carbocycles. The monoisotopic (exact) mass is 948 g/mol. The highest BCUT2D eigenvalue weighted by Crippen LogP contribution is 2.51. The lowest BCUT2D eigenvalue weighted by atomic mass is 9.81. The van der Waals surface area contributed by atoms with Gasteiger partial charge in [0, 0.05) is 67.6 Å². The predicted octanol–water partition coefficient (Wildman–Crippen LogP) is 17.1. The molecule has 0 spiro atoms. The van der Waals surface area contributed by atoms with Gasteiger partial charge in [-0.1, -0.05) is 173 Å². The Hall–Kier alpha value is -9.26. The number of benzene rings is 9. The standard InChI is InChI=1S/C68H48N6/c1-67(2)55-17-7-5-11-47(55)49-27-23-41(35-57(49)67)43-25-33-61(69-37-43)73-65-53-15-9-13-51-45(29-31-59(71-65)63(51)53)39-19-21-40(22-20-39)46-30-32-60-64-52(46)14-10-16-54(64)66(72-60)74-62-34-26-44(38-70-62)42-24-28-50-48-12-6-8-18-56(48)68(3,4)58(50)36-42/h5-38H,1-4H3,(H,69,71,73)(H,70,72,74). The van der Waals surface area contributed by atoms with Crippen LogP contribution >= 0.6 is 0 Å². The number of hydrogen-bond acceptors (Lipinski definition) is 4. The summed E-state index contributed by atoms with van der Waals surface area (Å²) in [5.74, 6) is 2.94. The normalized spacial score (nSPS) is 15.8. The first kappa shape index (κ1) is 42.4. The third kappa shape index (κ3) is 6.31. The van der Waals surface area contributed by atoms with Gasteiger partial charge < -0.3 is 10.6 Å². The van der Waals surface area contributed by atoms with E-state index in [4.69, 9.17) is 20.0 Å². The first-order chi connectivity index (χ1) is 36.2. The van der Waals surface area contributed by atoms with E-state index in [2.05, 4.69) is 220 Å². The molecule has 11 aromatic rings. The van der Waals surface area contributed by atoms with Gasteiger partial charge in [0.25, 0.3) is 0 Å². The molecule has 0 fully saturated rings. The van der Waals surface area contributed by atoms with Crippen LogP contribution < -0.4 is 10.6 Å². The lowest BCUT2D eigenvalue weighted by Crippen LogP contribution is -2.14. The number of aromatic nitrogens is 2. The molecular weight excluding hydrogens is 901 g/mol. The molecule has 0 saturated carbocycles. The van der Waals surface area contributed by atoms with Crippen molar-refractivity contribution in [3.05, 3.63) is 240 Å². The summed E-state index contributed by atoms with van der Waals surface area (Å²) in [6, 6.07) is 70.2. The Bertz CT molecular complexity index is 4000. The van der Waals surface area contributed by atoms with E-state index < -0.39 is 0 Å². The van der Waals surface area contributed by atoms with Crippen LogP contribution in [0.2, 0.25) is 0 Å². The molecule has 9 aromatic carbocycles. The van der Waals surface area contributed by atoms with E-state index in [0.29, 0.717) is 11.6 Å². The Balaban J connectivity index is 0.680. The van der Waals surface area contributed by atoms with E-state index >= 15 is 0 Å². The molecule has 0 radical (unpaired) electrons. The van der Waals surface area contributed by atoms with Gasteiger partial charge in [0.1, 0.15) is 11.7 Å². The van der Waals surface area contributed by atoms with Crippen molar-refractivity contribution in [1.29, 1.82) is 0 Å². The van der Waals surface area contributed by atoms with E-state index in [0.717, 1.165) is 67.6 Å². The maximum atomic E-state index is 5.07. The molecule has 2 aromatic heterocycles. The van der Waals surface area contributed by atoms with Crippen LogP contribution in [-0.4, -0.2) is 21.6 Å². The molecule has 0 bridgehead atoms. The van der Waals surface area contributed by atoms with Gasteiger partial charge >= 0.3 is 0 Å². The smallest absolute Gasteiger partial charge is 0.154 e. The second-order valence-electron chi connectivity index (χ2n) is 21.2. The van der Waals surface area contributed by atoms with E-state index in [1.54, 1.807) is 0 Å². The van der Waals surface area contributed by atoms with Crippen molar-refractivity contribution in [2.45, 2.75) is 38.5 Å². The number of anilines is 2. The summed E-state index contributed by atoms with van der Waals surface area (Å²) < 4.78 is 0. The van der Waals surface area contributed by atoms with Gasteiger partial charge in [-0.05, 0) is 137 Å². The zero-order valence-corrected chi connectivity index (χ0v) is 41.4. The van der Waals surface area contributed by atoms with Crippen molar-refractivity contribution >= 4 is 56.2 Å². The first-order valence-electron chi connectivity index (χ1n) is 25.5. The van der Waals surface area contributed by atoms with Crippen LogP contribution in [0.1, 0.15) is 61.1 Å². The number of fused-ring (bicyclic) bond motifs is 6. The summed E-state index contributed by atoms with van der Waals surface area (Å²) >= 11 is 0.